The summed E-state index contributed by atoms with van der Waals surface area (Å²) in [5.74, 6) is 5.07. The molecule has 0 unspecified atom stereocenters. The Morgan fingerprint density at radius 3 is 2.89 bits per heavy atom. The number of furan rings is 1. The fraction of sp³-hybridized carbons (Fsp3) is 0.615. The molecule has 0 bridgehead atoms. The molecule has 6 heteroatoms. The van der Waals surface area contributed by atoms with Gasteiger partial charge in [0.25, 0.3) is 0 Å². The van der Waals surface area contributed by atoms with E-state index in [0.717, 1.165) is 31.5 Å². The molecule has 1 saturated heterocycles. The van der Waals surface area contributed by atoms with Crippen LogP contribution in [0.4, 0.5) is 0 Å². The van der Waals surface area contributed by atoms with Crippen molar-refractivity contribution in [2.24, 2.45) is 5.84 Å². The van der Waals surface area contributed by atoms with Crippen LogP contribution in [0, 0.1) is 0 Å². The Bertz CT molecular complexity index is 424. The van der Waals surface area contributed by atoms with E-state index < -0.39 is 0 Å². The maximum absolute atomic E-state index is 11.5. The van der Waals surface area contributed by atoms with E-state index in [1.54, 1.807) is 0 Å². The van der Waals surface area contributed by atoms with E-state index in [0.29, 0.717) is 18.3 Å². The first-order valence-corrected chi connectivity index (χ1v) is 6.58. The zero-order valence-electron chi connectivity index (χ0n) is 11.6. The lowest BCUT2D eigenvalue weighted by atomic mass is 10.0. The minimum Gasteiger partial charge on any atom is -0.459 e. The van der Waals surface area contributed by atoms with Gasteiger partial charge in [0.2, 0.25) is 0 Å². The molecule has 1 fully saturated rings. The number of rotatable bonds is 4. The number of hydrogen-bond donors (Lipinski definition) is 2. The molecule has 0 spiro atoms. The SMILES string of the molecule is CN1CCC(N(C)Cc2ccoc2C(=O)NN)CC1. The molecule has 0 atom stereocenters. The predicted octanol–water partition coefficient (Wildman–Crippen LogP) is 0.409. The van der Waals surface area contributed by atoms with Gasteiger partial charge in [-0.3, -0.25) is 15.1 Å². The van der Waals surface area contributed by atoms with Crippen LogP contribution in [0.15, 0.2) is 16.7 Å². The molecule has 19 heavy (non-hydrogen) atoms. The van der Waals surface area contributed by atoms with Crippen molar-refractivity contribution >= 4 is 5.91 Å². The number of carbonyl (C=O) groups excluding carboxylic acids is 1. The molecule has 1 amide bonds. The van der Waals surface area contributed by atoms with E-state index in [9.17, 15) is 4.79 Å². The number of hydrazine groups is 1. The third-order valence-electron chi connectivity index (χ3n) is 3.82. The Kier molecular flexibility index (Phi) is 4.57. The number of hydrogen-bond acceptors (Lipinski definition) is 5. The summed E-state index contributed by atoms with van der Waals surface area (Å²) in [6.45, 7) is 2.95. The highest BCUT2D eigenvalue weighted by atomic mass is 16.3. The van der Waals surface area contributed by atoms with Crippen molar-refractivity contribution in [2.45, 2.75) is 25.4 Å². The normalized spacial score (nSPS) is 17.9. The van der Waals surface area contributed by atoms with Crippen molar-refractivity contribution < 1.29 is 9.21 Å². The predicted molar refractivity (Wildman–Crippen MR) is 72.3 cm³/mol. The van der Waals surface area contributed by atoms with Gasteiger partial charge in [0.15, 0.2) is 5.76 Å². The first-order chi connectivity index (χ1) is 9.11. The second kappa shape index (κ2) is 6.18. The molecule has 0 aliphatic carbocycles. The quantitative estimate of drug-likeness (QED) is 0.469. The van der Waals surface area contributed by atoms with Crippen molar-refractivity contribution in [3.05, 3.63) is 23.7 Å². The van der Waals surface area contributed by atoms with Crippen molar-refractivity contribution in [1.29, 1.82) is 0 Å². The number of likely N-dealkylation sites (tertiary alicyclic amines) is 1. The molecule has 106 valence electrons. The minimum absolute atomic E-state index is 0.308. The number of nitrogens with two attached hydrogens (primary N) is 1. The van der Waals surface area contributed by atoms with Crippen LogP contribution in [0.2, 0.25) is 0 Å². The molecule has 0 aromatic carbocycles. The highest BCUT2D eigenvalue weighted by Gasteiger charge is 2.23. The summed E-state index contributed by atoms with van der Waals surface area (Å²) in [5.41, 5.74) is 2.99. The van der Waals surface area contributed by atoms with Crippen LogP contribution in [0.1, 0.15) is 29.0 Å². The van der Waals surface area contributed by atoms with Gasteiger partial charge < -0.3 is 9.32 Å². The summed E-state index contributed by atoms with van der Waals surface area (Å²) in [5, 5.41) is 0. The molecular weight excluding hydrogens is 244 g/mol. The van der Waals surface area contributed by atoms with E-state index in [2.05, 4.69) is 29.3 Å². The lowest BCUT2D eigenvalue weighted by Gasteiger charge is -2.35. The van der Waals surface area contributed by atoms with Crippen LogP contribution in [-0.4, -0.2) is 48.9 Å². The van der Waals surface area contributed by atoms with Crippen molar-refractivity contribution in [3.8, 4) is 0 Å². The van der Waals surface area contributed by atoms with E-state index in [1.165, 1.54) is 6.26 Å². The third-order valence-corrected chi connectivity index (χ3v) is 3.82. The third kappa shape index (κ3) is 3.34. The molecule has 2 rings (SSSR count). The van der Waals surface area contributed by atoms with Crippen LogP contribution in [0.5, 0.6) is 0 Å². The number of nitrogens with zero attached hydrogens (tertiary/aromatic N) is 2. The molecule has 1 aromatic heterocycles. The summed E-state index contributed by atoms with van der Waals surface area (Å²) < 4.78 is 5.20. The molecule has 1 aliphatic heterocycles. The summed E-state index contributed by atoms with van der Waals surface area (Å²) in [7, 11) is 4.24. The van der Waals surface area contributed by atoms with Gasteiger partial charge in [0.05, 0.1) is 6.26 Å². The van der Waals surface area contributed by atoms with E-state index in [-0.39, 0.29) is 5.91 Å². The second-order valence-corrected chi connectivity index (χ2v) is 5.20. The van der Waals surface area contributed by atoms with Crippen LogP contribution < -0.4 is 11.3 Å². The number of piperidine rings is 1. The summed E-state index contributed by atoms with van der Waals surface area (Å²) >= 11 is 0. The Hall–Kier alpha value is -1.37. The summed E-state index contributed by atoms with van der Waals surface area (Å²) in [4.78, 5) is 16.2. The van der Waals surface area contributed by atoms with Gasteiger partial charge in [-0.05, 0) is 46.1 Å². The van der Waals surface area contributed by atoms with Gasteiger partial charge in [-0.2, -0.15) is 0 Å². The van der Waals surface area contributed by atoms with E-state index in [1.807, 2.05) is 6.07 Å². The Balaban J connectivity index is 1.97. The summed E-state index contributed by atoms with van der Waals surface area (Å²) in [6, 6.07) is 2.38. The van der Waals surface area contributed by atoms with E-state index in [4.69, 9.17) is 10.3 Å². The Labute approximate surface area is 113 Å². The smallest absolute Gasteiger partial charge is 0.301 e. The van der Waals surface area contributed by atoms with Crippen LogP contribution in [-0.2, 0) is 6.54 Å². The minimum atomic E-state index is -0.378. The fourth-order valence-electron chi connectivity index (χ4n) is 2.56. The van der Waals surface area contributed by atoms with Crippen molar-refractivity contribution in [2.75, 3.05) is 27.2 Å². The highest BCUT2D eigenvalue weighted by Crippen LogP contribution is 2.19. The molecular formula is C13H22N4O2. The lowest BCUT2D eigenvalue weighted by molar-refractivity contribution is 0.0920. The topological polar surface area (TPSA) is 74.7 Å². The number of carbonyl (C=O) groups is 1. The molecule has 1 aliphatic rings. The summed E-state index contributed by atoms with van der Waals surface area (Å²) in [6.07, 6.45) is 3.84. The largest absolute Gasteiger partial charge is 0.459 e. The average Bonchev–Trinajstić information content (AvgIpc) is 2.86. The number of nitrogen functional groups attached to an aromatic ring is 1. The number of amides is 1. The lowest BCUT2D eigenvalue weighted by Crippen LogP contribution is -2.41. The zero-order chi connectivity index (χ0) is 13.8. The van der Waals surface area contributed by atoms with Gasteiger partial charge in [-0.1, -0.05) is 0 Å². The van der Waals surface area contributed by atoms with Gasteiger partial charge in [-0.15, -0.1) is 0 Å². The Morgan fingerprint density at radius 1 is 1.58 bits per heavy atom. The molecule has 0 saturated carbocycles. The van der Waals surface area contributed by atoms with Gasteiger partial charge in [0, 0.05) is 18.2 Å². The maximum atomic E-state index is 11.5. The zero-order valence-corrected chi connectivity index (χ0v) is 11.6. The second-order valence-electron chi connectivity index (χ2n) is 5.20. The van der Waals surface area contributed by atoms with Crippen LogP contribution in [0.25, 0.3) is 0 Å². The first-order valence-electron chi connectivity index (χ1n) is 6.58. The number of nitrogens with one attached hydrogen (secondary N) is 1. The standard InChI is InChI=1S/C13H22N4O2/c1-16-6-3-11(4-7-16)17(2)9-10-5-8-19-12(10)13(18)15-14/h5,8,11H,3-4,6-7,9,14H2,1-2H3,(H,15,18). The fourth-order valence-corrected chi connectivity index (χ4v) is 2.56. The molecule has 0 radical (unpaired) electrons. The Morgan fingerprint density at radius 2 is 2.26 bits per heavy atom. The first kappa shape index (κ1) is 14.0. The molecule has 1 aromatic rings. The van der Waals surface area contributed by atoms with Crippen LogP contribution >= 0.6 is 0 Å². The molecule has 6 nitrogen and oxygen atoms in total. The monoisotopic (exact) mass is 266 g/mol. The highest BCUT2D eigenvalue weighted by molar-refractivity contribution is 5.92. The van der Waals surface area contributed by atoms with Crippen LogP contribution in [0.3, 0.4) is 0 Å². The van der Waals surface area contributed by atoms with Gasteiger partial charge in [0.1, 0.15) is 0 Å². The van der Waals surface area contributed by atoms with Gasteiger partial charge >= 0.3 is 5.91 Å². The van der Waals surface area contributed by atoms with Crippen molar-refractivity contribution in [1.82, 2.24) is 15.2 Å². The average molecular weight is 266 g/mol. The van der Waals surface area contributed by atoms with Gasteiger partial charge in [-0.25, -0.2) is 5.84 Å². The molecule has 2 heterocycles. The van der Waals surface area contributed by atoms with E-state index >= 15 is 0 Å². The maximum Gasteiger partial charge on any atom is 0.301 e. The molecule has 3 N–H and O–H groups in total. The van der Waals surface area contributed by atoms with Crippen molar-refractivity contribution in [3.63, 3.8) is 0 Å².